The second kappa shape index (κ2) is 7.34. The van der Waals surface area contributed by atoms with Crippen LogP contribution in [0.3, 0.4) is 0 Å². The van der Waals surface area contributed by atoms with Gasteiger partial charge in [0.1, 0.15) is 5.75 Å². The lowest BCUT2D eigenvalue weighted by Crippen LogP contribution is -2.33. The van der Waals surface area contributed by atoms with Gasteiger partial charge in [-0.3, -0.25) is 14.4 Å². The first-order chi connectivity index (χ1) is 14.9. The van der Waals surface area contributed by atoms with Crippen molar-refractivity contribution < 1.29 is 23.9 Å². The summed E-state index contributed by atoms with van der Waals surface area (Å²) in [6.07, 6.45) is 2.06. The summed E-state index contributed by atoms with van der Waals surface area (Å²) in [5.41, 5.74) is 2.33. The van der Waals surface area contributed by atoms with Gasteiger partial charge in [-0.15, -0.1) is 0 Å². The summed E-state index contributed by atoms with van der Waals surface area (Å²) in [6, 6.07) is 12.3. The lowest BCUT2D eigenvalue weighted by Gasteiger charge is -2.24. The van der Waals surface area contributed by atoms with E-state index in [1.807, 2.05) is 12.1 Å². The number of carbonyl (C=O) groups excluding carboxylic acids is 3. The van der Waals surface area contributed by atoms with Crippen molar-refractivity contribution in [2.75, 3.05) is 13.3 Å². The molecule has 5 rings (SSSR count). The monoisotopic (exact) mass is 481 g/mol. The number of amides is 2. The maximum absolute atomic E-state index is 12.5. The van der Waals surface area contributed by atoms with Crippen LogP contribution in [0, 0.1) is 11.3 Å². The minimum absolute atomic E-state index is 0.141. The van der Waals surface area contributed by atoms with Crippen molar-refractivity contribution in [2.45, 2.75) is 19.3 Å². The Morgan fingerprint density at radius 1 is 1.13 bits per heavy atom. The third kappa shape index (κ3) is 3.19. The molecule has 6 nitrogen and oxygen atoms in total. The van der Waals surface area contributed by atoms with Crippen molar-refractivity contribution in [2.24, 2.45) is 11.3 Å². The van der Waals surface area contributed by atoms with E-state index in [1.165, 1.54) is 0 Å². The van der Waals surface area contributed by atoms with Gasteiger partial charge < -0.3 is 9.47 Å². The summed E-state index contributed by atoms with van der Waals surface area (Å²) in [4.78, 5) is 38.6. The number of cyclic esters (lactones) is 1. The molecule has 1 saturated carbocycles. The molecule has 0 N–H and O–H groups in total. The van der Waals surface area contributed by atoms with Gasteiger partial charge in [-0.2, -0.15) is 0 Å². The fourth-order valence-corrected chi connectivity index (χ4v) is 5.43. The van der Waals surface area contributed by atoms with E-state index >= 15 is 0 Å². The zero-order chi connectivity index (χ0) is 21.8. The molecular weight excluding hydrogens is 462 g/mol. The Kier molecular flexibility index (Phi) is 4.73. The third-order valence-corrected chi connectivity index (χ3v) is 7.07. The second-order valence-corrected chi connectivity index (χ2v) is 9.24. The van der Waals surface area contributed by atoms with Gasteiger partial charge in [-0.05, 0) is 65.0 Å². The highest BCUT2D eigenvalue weighted by Crippen LogP contribution is 2.52. The summed E-state index contributed by atoms with van der Waals surface area (Å²) >= 11 is 3.51. The molecule has 2 aromatic rings. The predicted molar refractivity (Wildman–Crippen MR) is 116 cm³/mol. The first-order valence-electron chi connectivity index (χ1n) is 10.1. The quantitative estimate of drug-likeness (QED) is 0.364. The summed E-state index contributed by atoms with van der Waals surface area (Å²) in [5.74, 6) is -0.173. The van der Waals surface area contributed by atoms with Gasteiger partial charge in [0, 0.05) is 5.92 Å². The van der Waals surface area contributed by atoms with Gasteiger partial charge in [-0.25, -0.2) is 4.90 Å². The van der Waals surface area contributed by atoms with Crippen LogP contribution >= 0.6 is 15.9 Å². The Labute approximate surface area is 187 Å². The zero-order valence-corrected chi connectivity index (χ0v) is 18.3. The van der Waals surface area contributed by atoms with Crippen LogP contribution < -0.4 is 4.74 Å². The molecule has 1 saturated heterocycles. The number of imide groups is 1. The van der Waals surface area contributed by atoms with Crippen LogP contribution in [0.1, 0.15) is 39.1 Å². The van der Waals surface area contributed by atoms with E-state index in [0.717, 1.165) is 22.5 Å². The number of esters is 1. The van der Waals surface area contributed by atoms with Gasteiger partial charge in [0.25, 0.3) is 11.8 Å². The molecule has 2 fully saturated rings. The fraction of sp³-hybridized carbons (Fsp3) is 0.292. The Morgan fingerprint density at radius 3 is 2.52 bits per heavy atom. The number of hydrogen-bond acceptors (Lipinski definition) is 5. The first kappa shape index (κ1) is 20.0. The Hall–Kier alpha value is -2.93. The number of allylic oxidation sites excluding steroid dienone is 1. The van der Waals surface area contributed by atoms with E-state index in [2.05, 4.69) is 22.5 Å². The van der Waals surface area contributed by atoms with Gasteiger partial charge >= 0.3 is 5.97 Å². The normalized spacial score (nSPS) is 24.4. The van der Waals surface area contributed by atoms with Gasteiger partial charge in [0.05, 0.1) is 27.6 Å². The highest BCUT2D eigenvalue weighted by Gasteiger charge is 2.55. The number of carbonyl (C=O) groups is 3. The number of fused-ring (bicyclic) bond motifs is 2. The van der Waals surface area contributed by atoms with Crippen molar-refractivity contribution in [3.8, 4) is 5.75 Å². The van der Waals surface area contributed by atoms with Crippen LogP contribution in [0.25, 0.3) is 0 Å². The van der Waals surface area contributed by atoms with Gasteiger partial charge in [0.2, 0.25) is 0 Å². The SMILES string of the molecule is C=C1CC2COC(=O)C2(Cc2ccc(OCN3C(=O)c4ccccc4C3=O)c(Br)c2)C1. The van der Waals surface area contributed by atoms with E-state index < -0.39 is 5.41 Å². The average molecular weight is 482 g/mol. The van der Waals surface area contributed by atoms with Crippen molar-refractivity contribution in [3.05, 3.63) is 75.8 Å². The lowest BCUT2D eigenvalue weighted by atomic mass is 9.75. The molecule has 1 aliphatic carbocycles. The number of ether oxygens (including phenoxy) is 2. The Bertz CT molecular complexity index is 1110. The molecule has 0 spiro atoms. The fourth-order valence-electron chi connectivity index (χ4n) is 4.89. The van der Waals surface area contributed by atoms with Crippen LogP contribution in [0.5, 0.6) is 5.75 Å². The molecule has 158 valence electrons. The van der Waals surface area contributed by atoms with Crippen molar-refractivity contribution in [1.29, 1.82) is 0 Å². The summed E-state index contributed by atoms with van der Waals surface area (Å²) in [7, 11) is 0. The van der Waals surface area contributed by atoms with Crippen molar-refractivity contribution in [1.82, 2.24) is 4.90 Å². The van der Waals surface area contributed by atoms with E-state index in [-0.39, 0.29) is 30.4 Å². The summed E-state index contributed by atoms with van der Waals surface area (Å²) in [6.45, 7) is 4.36. The van der Waals surface area contributed by atoms with Crippen molar-refractivity contribution in [3.63, 3.8) is 0 Å². The molecule has 2 aliphatic heterocycles. The molecule has 2 unspecified atom stereocenters. The number of halogens is 1. The molecule has 0 aromatic heterocycles. The molecule has 2 heterocycles. The van der Waals surface area contributed by atoms with Crippen LogP contribution in [-0.2, 0) is 16.0 Å². The van der Waals surface area contributed by atoms with E-state index in [0.29, 0.717) is 40.8 Å². The number of rotatable bonds is 5. The smallest absolute Gasteiger partial charge is 0.313 e. The minimum Gasteiger partial charge on any atom is -0.471 e. The average Bonchev–Trinajstić information content (AvgIpc) is 3.31. The Morgan fingerprint density at radius 2 is 1.84 bits per heavy atom. The maximum atomic E-state index is 12.5. The molecule has 0 radical (unpaired) electrons. The van der Waals surface area contributed by atoms with Crippen LogP contribution in [0.4, 0.5) is 0 Å². The maximum Gasteiger partial charge on any atom is 0.313 e. The summed E-state index contributed by atoms with van der Waals surface area (Å²) < 4.78 is 11.8. The largest absolute Gasteiger partial charge is 0.471 e. The number of hydrogen-bond donors (Lipinski definition) is 0. The molecule has 31 heavy (non-hydrogen) atoms. The highest BCUT2D eigenvalue weighted by molar-refractivity contribution is 9.10. The molecular formula is C24H20BrNO5. The predicted octanol–water partition coefficient (Wildman–Crippen LogP) is 4.13. The first-order valence-corrected chi connectivity index (χ1v) is 10.9. The van der Waals surface area contributed by atoms with Crippen LogP contribution in [0.15, 0.2) is 59.1 Å². The third-order valence-electron chi connectivity index (χ3n) is 6.45. The second-order valence-electron chi connectivity index (χ2n) is 8.38. The van der Waals surface area contributed by atoms with Crippen LogP contribution in [0.2, 0.25) is 0 Å². The van der Waals surface area contributed by atoms with E-state index in [1.54, 1.807) is 30.3 Å². The van der Waals surface area contributed by atoms with Crippen LogP contribution in [-0.4, -0.2) is 36.0 Å². The molecule has 0 bridgehead atoms. The van der Waals surface area contributed by atoms with Crippen molar-refractivity contribution >= 4 is 33.7 Å². The summed E-state index contributed by atoms with van der Waals surface area (Å²) in [5, 5.41) is 0. The minimum atomic E-state index is -0.529. The van der Waals surface area contributed by atoms with Gasteiger partial charge in [-0.1, -0.05) is 30.4 Å². The number of benzene rings is 2. The number of nitrogens with zero attached hydrogens (tertiary/aromatic N) is 1. The standard InChI is InChI=1S/C24H20BrNO5/c1-14-8-16-12-30-23(29)24(16,10-14)11-15-6-7-20(19(25)9-15)31-13-26-21(27)17-4-2-3-5-18(17)22(26)28/h2-7,9,16H,1,8,10-13H2. The topological polar surface area (TPSA) is 72.9 Å². The Balaban J connectivity index is 1.30. The zero-order valence-electron chi connectivity index (χ0n) is 16.7. The molecule has 7 heteroatoms. The molecule has 3 aliphatic rings. The van der Waals surface area contributed by atoms with E-state index in [9.17, 15) is 14.4 Å². The highest BCUT2D eigenvalue weighted by atomic mass is 79.9. The molecule has 2 aromatic carbocycles. The molecule has 2 atom stereocenters. The lowest BCUT2D eigenvalue weighted by molar-refractivity contribution is -0.146. The van der Waals surface area contributed by atoms with E-state index in [4.69, 9.17) is 9.47 Å². The van der Waals surface area contributed by atoms with Gasteiger partial charge in [0.15, 0.2) is 6.73 Å². The molecule has 2 amide bonds.